The maximum atomic E-state index is 9.71. The number of ether oxygens (including phenoxy) is 1. The average molecular weight is 219 g/mol. The Kier molecular flexibility index (Phi) is 2.81. The van der Waals surface area contributed by atoms with Crippen LogP contribution in [0.1, 0.15) is 6.92 Å². The predicted octanol–water partition coefficient (Wildman–Crippen LogP) is -1.04. The summed E-state index contributed by atoms with van der Waals surface area (Å²) in [5.74, 6) is 0. The van der Waals surface area contributed by atoms with Crippen LogP contribution in [-0.2, 0) is 4.74 Å². The van der Waals surface area contributed by atoms with Crippen LogP contribution in [0.3, 0.4) is 0 Å². The summed E-state index contributed by atoms with van der Waals surface area (Å²) in [7, 11) is 0. The quantitative estimate of drug-likeness (QED) is 0.525. The van der Waals surface area contributed by atoms with Crippen molar-refractivity contribution in [3.63, 3.8) is 0 Å². The molecule has 14 heavy (non-hydrogen) atoms. The minimum atomic E-state index is -1.06. The van der Waals surface area contributed by atoms with Crippen LogP contribution in [0.25, 0.3) is 0 Å². The number of hydrogen-bond acceptors (Lipinski definition) is 6. The SMILES string of the molecule is CC1=N[C@@H]2[C@H](O)[C@@H](O)[C@H](CO)O[C@@H]2S1. The third-order valence-electron chi connectivity index (χ3n) is 2.47. The van der Waals surface area contributed by atoms with E-state index in [9.17, 15) is 10.2 Å². The number of aliphatic hydroxyl groups is 3. The molecule has 6 heteroatoms. The highest BCUT2D eigenvalue weighted by Gasteiger charge is 2.47. The van der Waals surface area contributed by atoms with Crippen LogP contribution < -0.4 is 0 Å². The van der Waals surface area contributed by atoms with Gasteiger partial charge < -0.3 is 20.1 Å². The molecule has 0 spiro atoms. The predicted molar refractivity (Wildman–Crippen MR) is 52.2 cm³/mol. The Morgan fingerprint density at radius 2 is 2.14 bits per heavy atom. The lowest BCUT2D eigenvalue weighted by Gasteiger charge is -2.37. The summed E-state index contributed by atoms with van der Waals surface area (Å²) in [6.45, 7) is 1.54. The highest BCUT2D eigenvalue weighted by Crippen LogP contribution is 2.36. The number of thioether (sulfide) groups is 1. The number of aliphatic imine (C=N–C) groups is 1. The molecule has 0 aromatic carbocycles. The van der Waals surface area contributed by atoms with Crippen molar-refractivity contribution in [1.82, 2.24) is 0 Å². The van der Waals surface area contributed by atoms with Gasteiger partial charge in [-0.1, -0.05) is 11.8 Å². The van der Waals surface area contributed by atoms with Crippen molar-refractivity contribution in [1.29, 1.82) is 0 Å². The Morgan fingerprint density at radius 1 is 1.43 bits per heavy atom. The molecular formula is C8H13NO4S. The molecular weight excluding hydrogens is 206 g/mol. The van der Waals surface area contributed by atoms with Crippen molar-refractivity contribution in [3.05, 3.63) is 0 Å². The van der Waals surface area contributed by atoms with Crippen LogP contribution in [0.5, 0.6) is 0 Å². The van der Waals surface area contributed by atoms with Gasteiger partial charge in [-0.3, -0.25) is 4.99 Å². The molecule has 2 heterocycles. The minimum absolute atomic E-state index is 0.273. The molecule has 0 aliphatic carbocycles. The Morgan fingerprint density at radius 3 is 2.79 bits per heavy atom. The van der Waals surface area contributed by atoms with Gasteiger partial charge in [0.05, 0.1) is 11.7 Å². The van der Waals surface area contributed by atoms with E-state index < -0.39 is 24.4 Å². The van der Waals surface area contributed by atoms with E-state index in [-0.39, 0.29) is 12.0 Å². The van der Waals surface area contributed by atoms with Crippen molar-refractivity contribution >= 4 is 16.8 Å². The maximum absolute atomic E-state index is 9.71. The third kappa shape index (κ3) is 1.57. The Labute approximate surface area is 85.8 Å². The van der Waals surface area contributed by atoms with Gasteiger partial charge in [0.15, 0.2) is 0 Å². The van der Waals surface area contributed by atoms with Gasteiger partial charge in [-0.15, -0.1) is 0 Å². The molecule has 0 aromatic heterocycles. The second-order valence-electron chi connectivity index (χ2n) is 3.46. The first-order valence-corrected chi connectivity index (χ1v) is 5.35. The van der Waals surface area contributed by atoms with Crippen LogP contribution in [0.4, 0.5) is 0 Å². The van der Waals surface area contributed by atoms with E-state index in [2.05, 4.69) is 4.99 Å². The summed E-state index contributed by atoms with van der Waals surface area (Å²) in [4.78, 5) is 4.17. The van der Waals surface area contributed by atoms with Gasteiger partial charge in [-0.05, 0) is 6.92 Å². The van der Waals surface area contributed by atoms with Gasteiger partial charge in [-0.2, -0.15) is 0 Å². The Balaban J connectivity index is 2.14. The minimum Gasteiger partial charge on any atom is -0.394 e. The molecule has 2 rings (SSSR count). The zero-order valence-corrected chi connectivity index (χ0v) is 8.52. The smallest absolute Gasteiger partial charge is 0.134 e. The zero-order chi connectivity index (χ0) is 10.3. The second kappa shape index (κ2) is 3.79. The third-order valence-corrected chi connectivity index (χ3v) is 3.53. The van der Waals surface area contributed by atoms with E-state index in [0.717, 1.165) is 5.04 Å². The molecule has 0 amide bonds. The van der Waals surface area contributed by atoms with Gasteiger partial charge >= 0.3 is 0 Å². The molecule has 2 aliphatic heterocycles. The van der Waals surface area contributed by atoms with Gasteiger partial charge in [-0.25, -0.2) is 0 Å². The molecule has 0 unspecified atom stereocenters. The zero-order valence-electron chi connectivity index (χ0n) is 7.70. The fraction of sp³-hybridized carbons (Fsp3) is 0.875. The van der Waals surface area contributed by atoms with Crippen molar-refractivity contribution in [2.24, 2.45) is 4.99 Å². The van der Waals surface area contributed by atoms with Crippen LogP contribution in [0, 0.1) is 0 Å². The van der Waals surface area contributed by atoms with Gasteiger partial charge in [0.2, 0.25) is 0 Å². The second-order valence-corrected chi connectivity index (χ2v) is 4.75. The van der Waals surface area contributed by atoms with Crippen LogP contribution in [0.15, 0.2) is 4.99 Å². The number of hydrogen-bond donors (Lipinski definition) is 3. The normalized spacial score (nSPS) is 47.4. The molecule has 1 fully saturated rings. The van der Waals surface area contributed by atoms with Crippen molar-refractivity contribution < 1.29 is 20.1 Å². The standard InChI is InChI=1S/C8H13NO4S/c1-3-9-5-7(12)6(11)4(2-10)13-8(5)14-3/h4-8,10-12H,2H2,1H3/t4-,5+,6-,7-,8+/m0/s1. The molecule has 5 nitrogen and oxygen atoms in total. The average Bonchev–Trinajstić information content (AvgIpc) is 2.52. The lowest BCUT2D eigenvalue weighted by molar-refractivity contribution is -0.164. The summed E-state index contributed by atoms with van der Waals surface area (Å²) in [6, 6.07) is -0.405. The highest BCUT2D eigenvalue weighted by atomic mass is 32.2. The van der Waals surface area contributed by atoms with Crippen LogP contribution in [0.2, 0.25) is 0 Å². The number of aliphatic hydroxyl groups excluding tert-OH is 3. The Hall–Kier alpha value is -0.140. The van der Waals surface area contributed by atoms with Crippen molar-refractivity contribution in [2.75, 3.05) is 6.61 Å². The van der Waals surface area contributed by atoms with E-state index in [1.165, 1.54) is 11.8 Å². The lowest BCUT2D eigenvalue weighted by Crippen LogP contribution is -2.55. The van der Waals surface area contributed by atoms with Gasteiger partial charge in [0, 0.05) is 0 Å². The van der Waals surface area contributed by atoms with E-state index in [1.807, 2.05) is 6.92 Å². The fourth-order valence-corrected chi connectivity index (χ4v) is 2.79. The van der Waals surface area contributed by atoms with Crippen LogP contribution in [-0.4, -0.2) is 56.8 Å². The molecule has 0 saturated carbocycles. The Bertz CT molecular complexity index is 260. The summed E-state index contributed by atoms with van der Waals surface area (Å²) in [5.41, 5.74) is -0.273. The first kappa shape index (κ1) is 10.4. The molecule has 1 saturated heterocycles. The number of rotatable bonds is 1. The fourth-order valence-electron chi connectivity index (χ4n) is 1.71. The summed E-state index contributed by atoms with van der Waals surface area (Å²) < 4.78 is 5.40. The van der Waals surface area contributed by atoms with E-state index >= 15 is 0 Å². The summed E-state index contributed by atoms with van der Waals surface area (Å²) in [6.07, 6.45) is -2.72. The molecule has 80 valence electrons. The van der Waals surface area contributed by atoms with E-state index in [1.54, 1.807) is 0 Å². The van der Waals surface area contributed by atoms with E-state index in [4.69, 9.17) is 9.84 Å². The molecule has 0 radical (unpaired) electrons. The van der Waals surface area contributed by atoms with E-state index in [0.29, 0.717) is 0 Å². The first-order chi connectivity index (χ1) is 6.63. The summed E-state index contributed by atoms with van der Waals surface area (Å²) in [5, 5.41) is 29.0. The monoisotopic (exact) mass is 219 g/mol. The summed E-state index contributed by atoms with van der Waals surface area (Å²) >= 11 is 1.42. The van der Waals surface area contributed by atoms with Gasteiger partial charge in [0.1, 0.15) is 29.8 Å². The largest absolute Gasteiger partial charge is 0.394 e. The van der Waals surface area contributed by atoms with Crippen molar-refractivity contribution in [2.45, 2.75) is 36.7 Å². The maximum Gasteiger partial charge on any atom is 0.134 e. The lowest BCUT2D eigenvalue weighted by atomic mass is 9.99. The molecule has 3 N–H and O–H groups in total. The van der Waals surface area contributed by atoms with Gasteiger partial charge in [0.25, 0.3) is 0 Å². The molecule has 0 bridgehead atoms. The van der Waals surface area contributed by atoms with Crippen molar-refractivity contribution in [3.8, 4) is 0 Å². The number of nitrogens with zero attached hydrogens (tertiary/aromatic N) is 1. The highest BCUT2D eigenvalue weighted by molar-refractivity contribution is 8.14. The molecule has 0 aromatic rings. The molecule has 5 atom stereocenters. The van der Waals surface area contributed by atoms with Crippen LogP contribution >= 0.6 is 11.8 Å². The number of fused-ring (bicyclic) bond motifs is 1. The first-order valence-electron chi connectivity index (χ1n) is 4.47. The topological polar surface area (TPSA) is 82.3 Å². The molecule has 2 aliphatic rings.